The summed E-state index contributed by atoms with van der Waals surface area (Å²) in [5.41, 5.74) is 3.79. The van der Waals surface area contributed by atoms with E-state index in [1.807, 2.05) is 38.1 Å². The van der Waals surface area contributed by atoms with Gasteiger partial charge in [-0.25, -0.2) is 9.97 Å². The number of hydrogen-bond donors (Lipinski definition) is 2. The van der Waals surface area contributed by atoms with Gasteiger partial charge in [0.15, 0.2) is 0 Å². The molecule has 3 aromatic rings. The van der Waals surface area contributed by atoms with E-state index >= 15 is 0 Å². The van der Waals surface area contributed by atoms with Gasteiger partial charge in [0.05, 0.1) is 0 Å². The fourth-order valence-corrected chi connectivity index (χ4v) is 2.72. The van der Waals surface area contributed by atoms with E-state index in [2.05, 4.69) is 20.6 Å². The number of aryl methyl sites for hydroxylation is 2. The minimum Gasteiger partial charge on any atom is -0.340 e. The van der Waals surface area contributed by atoms with Crippen LogP contribution < -0.4 is 10.6 Å². The summed E-state index contributed by atoms with van der Waals surface area (Å²) in [4.78, 5) is 21.2. The Labute approximate surface area is 157 Å². The van der Waals surface area contributed by atoms with Gasteiger partial charge in [0.2, 0.25) is 0 Å². The molecule has 1 amide bonds. The van der Waals surface area contributed by atoms with Gasteiger partial charge in [0.25, 0.3) is 5.91 Å². The van der Waals surface area contributed by atoms with E-state index in [0.29, 0.717) is 22.4 Å². The zero-order chi connectivity index (χ0) is 18.7. The monoisotopic (exact) mass is 366 g/mol. The van der Waals surface area contributed by atoms with Crippen LogP contribution in [0.3, 0.4) is 0 Å². The van der Waals surface area contributed by atoms with Gasteiger partial charge in [-0.2, -0.15) is 0 Å². The highest BCUT2D eigenvalue weighted by molar-refractivity contribution is 6.31. The first-order valence-corrected chi connectivity index (χ1v) is 8.56. The second kappa shape index (κ2) is 7.54. The molecular weight excluding hydrogens is 348 g/mol. The number of hydrogen-bond acceptors (Lipinski definition) is 4. The summed E-state index contributed by atoms with van der Waals surface area (Å²) >= 11 is 6.11. The van der Waals surface area contributed by atoms with Gasteiger partial charge in [-0.15, -0.1) is 0 Å². The van der Waals surface area contributed by atoms with Gasteiger partial charge >= 0.3 is 0 Å². The molecule has 0 aliphatic rings. The van der Waals surface area contributed by atoms with E-state index in [0.717, 1.165) is 16.8 Å². The van der Waals surface area contributed by atoms with Crippen molar-refractivity contribution in [2.45, 2.75) is 20.8 Å². The molecule has 0 aliphatic heterocycles. The SMILES string of the molecule is Cc1cccc(Nc2cc(C(=O)Nc3cccc(Cl)c3C)nc(C)n2)c1. The molecule has 1 aromatic heterocycles. The average Bonchev–Trinajstić information content (AvgIpc) is 2.58. The molecule has 26 heavy (non-hydrogen) atoms. The highest BCUT2D eigenvalue weighted by Crippen LogP contribution is 2.24. The molecule has 3 rings (SSSR count). The van der Waals surface area contributed by atoms with Gasteiger partial charge in [-0.05, 0) is 56.2 Å². The maximum absolute atomic E-state index is 12.6. The molecule has 2 aromatic carbocycles. The number of anilines is 3. The van der Waals surface area contributed by atoms with Crippen LogP contribution in [0.4, 0.5) is 17.2 Å². The van der Waals surface area contributed by atoms with Crippen molar-refractivity contribution in [1.29, 1.82) is 0 Å². The lowest BCUT2D eigenvalue weighted by Crippen LogP contribution is -2.16. The van der Waals surface area contributed by atoms with Gasteiger partial charge in [-0.1, -0.05) is 29.8 Å². The van der Waals surface area contributed by atoms with Crippen molar-refractivity contribution >= 4 is 34.7 Å². The summed E-state index contributed by atoms with van der Waals surface area (Å²) in [7, 11) is 0. The third kappa shape index (κ3) is 4.18. The third-order valence-corrected chi connectivity index (χ3v) is 4.29. The van der Waals surface area contributed by atoms with E-state index < -0.39 is 0 Å². The topological polar surface area (TPSA) is 66.9 Å². The Morgan fingerprint density at radius 1 is 1.00 bits per heavy atom. The normalized spacial score (nSPS) is 10.5. The summed E-state index contributed by atoms with van der Waals surface area (Å²) < 4.78 is 0. The van der Waals surface area contributed by atoms with E-state index in [9.17, 15) is 4.79 Å². The Kier molecular flexibility index (Phi) is 5.19. The van der Waals surface area contributed by atoms with Gasteiger partial charge in [-0.3, -0.25) is 4.79 Å². The van der Waals surface area contributed by atoms with Crippen molar-refractivity contribution in [2.24, 2.45) is 0 Å². The number of carbonyl (C=O) groups excluding carboxylic acids is 1. The van der Waals surface area contributed by atoms with Crippen LogP contribution in [-0.2, 0) is 0 Å². The predicted molar refractivity (Wildman–Crippen MR) is 105 cm³/mol. The lowest BCUT2D eigenvalue weighted by atomic mass is 10.2. The van der Waals surface area contributed by atoms with Crippen LogP contribution in [0.5, 0.6) is 0 Å². The smallest absolute Gasteiger partial charge is 0.274 e. The highest BCUT2D eigenvalue weighted by atomic mass is 35.5. The van der Waals surface area contributed by atoms with Crippen molar-refractivity contribution in [2.75, 3.05) is 10.6 Å². The van der Waals surface area contributed by atoms with Crippen LogP contribution in [0, 0.1) is 20.8 Å². The van der Waals surface area contributed by atoms with Crippen molar-refractivity contribution in [3.63, 3.8) is 0 Å². The molecule has 0 saturated heterocycles. The molecule has 0 atom stereocenters. The number of amides is 1. The Morgan fingerprint density at radius 2 is 1.77 bits per heavy atom. The van der Waals surface area contributed by atoms with Crippen LogP contribution in [0.25, 0.3) is 0 Å². The highest BCUT2D eigenvalue weighted by Gasteiger charge is 2.13. The first-order chi connectivity index (χ1) is 12.4. The predicted octanol–water partition coefficient (Wildman–Crippen LogP) is 5.05. The molecule has 0 spiro atoms. The minimum atomic E-state index is -0.312. The van der Waals surface area contributed by atoms with Crippen molar-refractivity contribution in [3.8, 4) is 0 Å². The summed E-state index contributed by atoms with van der Waals surface area (Å²) in [6, 6.07) is 14.9. The van der Waals surface area contributed by atoms with E-state index in [-0.39, 0.29) is 11.6 Å². The zero-order valence-electron chi connectivity index (χ0n) is 14.8. The largest absolute Gasteiger partial charge is 0.340 e. The van der Waals surface area contributed by atoms with Crippen LogP contribution >= 0.6 is 11.6 Å². The summed E-state index contributed by atoms with van der Waals surface area (Å²) in [5, 5.41) is 6.67. The van der Waals surface area contributed by atoms with Crippen molar-refractivity contribution in [3.05, 3.63) is 76.2 Å². The molecular formula is C20H19ClN4O. The zero-order valence-corrected chi connectivity index (χ0v) is 15.6. The molecule has 2 N–H and O–H groups in total. The Bertz CT molecular complexity index is 972. The fourth-order valence-electron chi connectivity index (χ4n) is 2.55. The number of carbonyl (C=O) groups is 1. The van der Waals surface area contributed by atoms with E-state index in [1.54, 1.807) is 31.2 Å². The molecule has 0 saturated carbocycles. The van der Waals surface area contributed by atoms with E-state index in [1.165, 1.54) is 0 Å². The molecule has 0 unspecified atom stereocenters. The average molecular weight is 367 g/mol. The molecule has 1 heterocycles. The van der Waals surface area contributed by atoms with Crippen molar-refractivity contribution < 1.29 is 4.79 Å². The first-order valence-electron chi connectivity index (χ1n) is 8.18. The van der Waals surface area contributed by atoms with Gasteiger partial charge < -0.3 is 10.6 Å². The van der Waals surface area contributed by atoms with Crippen molar-refractivity contribution in [1.82, 2.24) is 9.97 Å². The van der Waals surface area contributed by atoms with Crippen LogP contribution in [-0.4, -0.2) is 15.9 Å². The Hall–Kier alpha value is -2.92. The number of rotatable bonds is 4. The van der Waals surface area contributed by atoms with Crippen LogP contribution in [0.15, 0.2) is 48.5 Å². The molecule has 0 bridgehead atoms. The van der Waals surface area contributed by atoms with Crippen LogP contribution in [0.2, 0.25) is 5.02 Å². The quantitative estimate of drug-likeness (QED) is 0.678. The third-order valence-electron chi connectivity index (χ3n) is 3.88. The second-order valence-electron chi connectivity index (χ2n) is 6.05. The van der Waals surface area contributed by atoms with Crippen LogP contribution in [0.1, 0.15) is 27.4 Å². The maximum Gasteiger partial charge on any atom is 0.274 e. The molecule has 0 radical (unpaired) electrons. The lowest BCUT2D eigenvalue weighted by Gasteiger charge is -2.11. The summed E-state index contributed by atoms with van der Waals surface area (Å²) in [6.45, 7) is 5.62. The number of nitrogens with zero attached hydrogens (tertiary/aromatic N) is 2. The minimum absolute atomic E-state index is 0.284. The standard InChI is InChI=1S/C20H19ClN4O/c1-12-6-4-7-15(10-12)24-19-11-18(22-14(3)23-19)20(26)25-17-9-5-8-16(21)13(17)2/h4-11H,1-3H3,(H,25,26)(H,22,23,24). The summed E-state index contributed by atoms with van der Waals surface area (Å²) in [6.07, 6.45) is 0. The van der Waals surface area contributed by atoms with Gasteiger partial charge in [0.1, 0.15) is 17.3 Å². The molecule has 132 valence electrons. The summed E-state index contributed by atoms with van der Waals surface area (Å²) in [5.74, 6) is 0.764. The first kappa shape index (κ1) is 17.9. The maximum atomic E-state index is 12.6. The van der Waals surface area contributed by atoms with Gasteiger partial charge in [0, 0.05) is 22.5 Å². The number of aromatic nitrogens is 2. The Balaban J connectivity index is 1.84. The molecule has 6 heteroatoms. The Morgan fingerprint density at radius 3 is 2.54 bits per heavy atom. The number of halogens is 1. The molecule has 0 aliphatic carbocycles. The number of benzene rings is 2. The fraction of sp³-hybridized carbons (Fsp3) is 0.150. The number of nitrogens with one attached hydrogen (secondary N) is 2. The molecule has 5 nitrogen and oxygen atoms in total. The molecule has 0 fully saturated rings. The lowest BCUT2D eigenvalue weighted by molar-refractivity contribution is 0.102. The second-order valence-corrected chi connectivity index (χ2v) is 6.45. The van der Waals surface area contributed by atoms with E-state index in [4.69, 9.17) is 11.6 Å².